The maximum atomic E-state index is 12.4. The number of hydrogen-bond donors (Lipinski definition) is 4. The van der Waals surface area contributed by atoms with Crippen molar-refractivity contribution in [3.63, 3.8) is 0 Å². The van der Waals surface area contributed by atoms with Crippen LogP contribution in [0.15, 0.2) is 12.1 Å². The van der Waals surface area contributed by atoms with E-state index >= 15 is 0 Å². The van der Waals surface area contributed by atoms with Crippen LogP contribution < -0.4 is 10.6 Å². The number of hydrogen-bond acceptors (Lipinski definition) is 6. The third-order valence-corrected chi connectivity index (χ3v) is 5.80. The molecule has 3 heterocycles. The summed E-state index contributed by atoms with van der Waals surface area (Å²) in [5, 5.41) is 25.9. The Balaban J connectivity index is 1.41. The van der Waals surface area contributed by atoms with E-state index in [-0.39, 0.29) is 18.7 Å². The number of fused-ring (bicyclic) bond motifs is 1. The molecule has 8 nitrogen and oxygen atoms in total. The predicted molar refractivity (Wildman–Crippen MR) is 105 cm³/mol. The van der Waals surface area contributed by atoms with Crippen LogP contribution >= 0.6 is 0 Å². The highest BCUT2D eigenvalue weighted by Gasteiger charge is 2.40. The molecule has 0 aromatic carbocycles. The SMILES string of the molecule is CC(C(=O)O)N1CCC(O)(C(=O)NCCCc2ccc3c(n2)NCCC3)CC1. The lowest BCUT2D eigenvalue weighted by Crippen LogP contribution is -2.56. The minimum absolute atomic E-state index is 0.245. The Morgan fingerprint density at radius 1 is 1.36 bits per heavy atom. The number of aryl methyl sites for hydroxylation is 2. The summed E-state index contributed by atoms with van der Waals surface area (Å²) in [6, 6.07) is 3.56. The van der Waals surface area contributed by atoms with E-state index in [0.717, 1.165) is 43.7 Å². The van der Waals surface area contributed by atoms with E-state index in [1.54, 1.807) is 11.8 Å². The number of carbonyl (C=O) groups excluding carboxylic acids is 1. The molecule has 4 N–H and O–H groups in total. The summed E-state index contributed by atoms with van der Waals surface area (Å²) in [5.74, 6) is -0.277. The van der Waals surface area contributed by atoms with Crippen molar-refractivity contribution >= 4 is 17.7 Å². The molecule has 2 aliphatic heterocycles. The van der Waals surface area contributed by atoms with Crippen molar-refractivity contribution in [2.75, 3.05) is 31.5 Å². The van der Waals surface area contributed by atoms with Crippen LogP contribution in [0.4, 0.5) is 5.82 Å². The first-order valence-corrected chi connectivity index (χ1v) is 10.1. The number of nitrogens with one attached hydrogen (secondary N) is 2. The van der Waals surface area contributed by atoms with E-state index in [0.29, 0.717) is 19.6 Å². The van der Waals surface area contributed by atoms with Crippen LogP contribution in [0.3, 0.4) is 0 Å². The summed E-state index contributed by atoms with van der Waals surface area (Å²) < 4.78 is 0. The molecule has 0 aliphatic carbocycles. The highest BCUT2D eigenvalue weighted by atomic mass is 16.4. The Morgan fingerprint density at radius 2 is 2.11 bits per heavy atom. The molecule has 1 aromatic rings. The lowest BCUT2D eigenvalue weighted by molar-refractivity contribution is -0.149. The standard InChI is InChI=1S/C20H30N4O4/c1-14(18(25)26)24-12-8-20(28,9-13-24)19(27)22-11-3-5-16-7-6-15-4-2-10-21-17(15)23-16/h6-7,14,28H,2-5,8-13H2,1H3,(H,21,23)(H,22,27)(H,25,26). The first-order chi connectivity index (χ1) is 13.4. The lowest BCUT2D eigenvalue weighted by Gasteiger charge is -2.38. The molecule has 3 rings (SSSR count). The fourth-order valence-corrected chi connectivity index (χ4v) is 3.81. The van der Waals surface area contributed by atoms with Crippen LogP contribution in [-0.4, -0.2) is 69.8 Å². The molecule has 8 heteroatoms. The number of likely N-dealkylation sites (tertiary alicyclic amines) is 1. The van der Waals surface area contributed by atoms with Gasteiger partial charge in [-0.1, -0.05) is 6.07 Å². The zero-order valence-electron chi connectivity index (χ0n) is 16.4. The van der Waals surface area contributed by atoms with Gasteiger partial charge in [0.05, 0.1) is 0 Å². The maximum absolute atomic E-state index is 12.4. The number of carboxylic acid groups (broad SMARTS) is 1. The van der Waals surface area contributed by atoms with E-state index in [2.05, 4.69) is 21.7 Å². The zero-order valence-corrected chi connectivity index (χ0v) is 16.4. The number of anilines is 1. The van der Waals surface area contributed by atoms with Crippen molar-refractivity contribution in [2.24, 2.45) is 0 Å². The van der Waals surface area contributed by atoms with Gasteiger partial charge in [-0.25, -0.2) is 4.98 Å². The van der Waals surface area contributed by atoms with E-state index in [1.165, 1.54) is 5.56 Å². The molecule has 1 aromatic heterocycles. The van der Waals surface area contributed by atoms with Gasteiger partial charge in [0.25, 0.3) is 5.91 Å². The van der Waals surface area contributed by atoms with Crippen LogP contribution in [0.2, 0.25) is 0 Å². The molecule has 28 heavy (non-hydrogen) atoms. The van der Waals surface area contributed by atoms with Crippen molar-refractivity contribution in [3.8, 4) is 0 Å². The molecule has 0 radical (unpaired) electrons. The van der Waals surface area contributed by atoms with Gasteiger partial charge in [0.2, 0.25) is 0 Å². The Morgan fingerprint density at radius 3 is 2.82 bits per heavy atom. The summed E-state index contributed by atoms with van der Waals surface area (Å²) in [6.45, 7) is 3.84. The molecule has 1 amide bonds. The molecule has 1 atom stereocenters. The molecule has 154 valence electrons. The number of aliphatic carboxylic acids is 1. The minimum Gasteiger partial charge on any atom is -0.480 e. The van der Waals surface area contributed by atoms with Crippen molar-refractivity contribution < 1.29 is 19.8 Å². The van der Waals surface area contributed by atoms with Crippen molar-refractivity contribution in [1.29, 1.82) is 0 Å². The number of carbonyl (C=O) groups is 2. The van der Waals surface area contributed by atoms with Crippen LogP contribution in [0, 0.1) is 0 Å². The van der Waals surface area contributed by atoms with Gasteiger partial charge < -0.3 is 20.8 Å². The summed E-state index contributed by atoms with van der Waals surface area (Å²) >= 11 is 0. The van der Waals surface area contributed by atoms with Crippen molar-refractivity contribution in [2.45, 2.75) is 57.1 Å². The lowest BCUT2D eigenvalue weighted by atomic mass is 9.89. The number of pyridine rings is 1. The van der Waals surface area contributed by atoms with E-state index in [1.807, 2.05) is 6.07 Å². The smallest absolute Gasteiger partial charge is 0.320 e. The van der Waals surface area contributed by atoms with Crippen LogP contribution in [0.1, 0.15) is 43.9 Å². The summed E-state index contributed by atoms with van der Waals surface area (Å²) in [5.41, 5.74) is 0.842. The second kappa shape index (κ2) is 8.87. The fraction of sp³-hybridized carbons (Fsp3) is 0.650. The maximum Gasteiger partial charge on any atom is 0.320 e. The molecule has 0 saturated carbocycles. The molecular formula is C20H30N4O4. The number of nitrogens with zero attached hydrogens (tertiary/aromatic N) is 2. The minimum atomic E-state index is -1.41. The van der Waals surface area contributed by atoms with Gasteiger partial charge in [-0.3, -0.25) is 14.5 Å². The predicted octanol–water partition coefficient (Wildman–Crippen LogP) is 0.788. The highest BCUT2D eigenvalue weighted by Crippen LogP contribution is 2.24. The molecule has 1 saturated heterocycles. The van der Waals surface area contributed by atoms with Crippen LogP contribution in [-0.2, 0) is 22.4 Å². The summed E-state index contributed by atoms with van der Waals surface area (Å²) in [6.07, 6.45) is 4.19. The number of piperidine rings is 1. The topological polar surface area (TPSA) is 115 Å². The first-order valence-electron chi connectivity index (χ1n) is 10.1. The number of amides is 1. The van der Waals surface area contributed by atoms with Gasteiger partial charge >= 0.3 is 5.97 Å². The Labute approximate surface area is 165 Å². The number of rotatable bonds is 7. The van der Waals surface area contributed by atoms with Crippen molar-refractivity contribution in [3.05, 3.63) is 23.4 Å². The Hall–Kier alpha value is -2.19. The van der Waals surface area contributed by atoms with Gasteiger partial charge in [0.15, 0.2) is 0 Å². The molecule has 1 unspecified atom stereocenters. The third-order valence-electron chi connectivity index (χ3n) is 5.80. The molecule has 1 fully saturated rings. The largest absolute Gasteiger partial charge is 0.480 e. The number of aromatic nitrogens is 1. The fourth-order valence-electron chi connectivity index (χ4n) is 3.81. The normalized spacial score (nSPS) is 19.9. The average Bonchev–Trinajstić information content (AvgIpc) is 2.71. The molecular weight excluding hydrogens is 360 g/mol. The number of aliphatic hydroxyl groups is 1. The van der Waals surface area contributed by atoms with Gasteiger partial charge in [0, 0.05) is 31.9 Å². The average molecular weight is 390 g/mol. The van der Waals surface area contributed by atoms with Gasteiger partial charge in [-0.15, -0.1) is 0 Å². The number of carboxylic acids is 1. The molecule has 0 bridgehead atoms. The van der Waals surface area contributed by atoms with Gasteiger partial charge in [-0.2, -0.15) is 0 Å². The zero-order chi connectivity index (χ0) is 20.1. The Kier molecular flexibility index (Phi) is 6.51. The monoisotopic (exact) mass is 390 g/mol. The van der Waals surface area contributed by atoms with E-state index in [9.17, 15) is 14.7 Å². The summed E-state index contributed by atoms with van der Waals surface area (Å²) in [7, 11) is 0. The Bertz CT molecular complexity index is 716. The van der Waals surface area contributed by atoms with E-state index < -0.39 is 17.6 Å². The van der Waals surface area contributed by atoms with E-state index in [4.69, 9.17) is 5.11 Å². The van der Waals surface area contributed by atoms with Gasteiger partial charge in [0.1, 0.15) is 17.5 Å². The highest BCUT2D eigenvalue weighted by molar-refractivity contribution is 5.85. The molecule has 2 aliphatic rings. The second-order valence-corrected chi connectivity index (χ2v) is 7.78. The summed E-state index contributed by atoms with van der Waals surface area (Å²) in [4.78, 5) is 29.9. The third kappa shape index (κ3) is 4.80. The second-order valence-electron chi connectivity index (χ2n) is 7.78. The quantitative estimate of drug-likeness (QED) is 0.509. The van der Waals surface area contributed by atoms with Crippen LogP contribution in [0.5, 0.6) is 0 Å². The van der Waals surface area contributed by atoms with Crippen molar-refractivity contribution in [1.82, 2.24) is 15.2 Å². The first kappa shape index (κ1) is 20.5. The molecule has 0 spiro atoms. The van der Waals surface area contributed by atoms with Crippen LogP contribution in [0.25, 0.3) is 0 Å². The van der Waals surface area contributed by atoms with Gasteiger partial charge in [-0.05, 0) is 57.1 Å².